The molecule has 0 spiro atoms. The van der Waals surface area contributed by atoms with Crippen molar-refractivity contribution in [2.75, 3.05) is 17.3 Å². The van der Waals surface area contributed by atoms with Crippen molar-refractivity contribution in [3.05, 3.63) is 69.7 Å². The molecule has 28 heavy (non-hydrogen) atoms. The number of fused-ring (bicyclic) bond motifs is 1. The van der Waals surface area contributed by atoms with Crippen molar-refractivity contribution in [2.45, 2.75) is 11.8 Å². The van der Waals surface area contributed by atoms with E-state index < -0.39 is 0 Å². The number of benzene rings is 2. The van der Waals surface area contributed by atoms with Gasteiger partial charge in [0, 0.05) is 10.8 Å². The number of aromatic nitrogens is 3. The minimum Gasteiger partial charge on any atom is -0.486 e. The van der Waals surface area contributed by atoms with Gasteiger partial charge in [0.25, 0.3) is 5.91 Å². The monoisotopic (exact) mass is 438 g/mol. The molecule has 1 aromatic heterocycles. The summed E-state index contributed by atoms with van der Waals surface area (Å²) in [5.74, 6) is 0.977. The average molecular weight is 439 g/mol. The molecule has 4 rings (SSSR count). The van der Waals surface area contributed by atoms with Gasteiger partial charge in [0.05, 0.1) is 17.1 Å². The van der Waals surface area contributed by atoms with Crippen molar-refractivity contribution in [1.82, 2.24) is 14.9 Å². The van der Waals surface area contributed by atoms with Gasteiger partial charge in [0.2, 0.25) is 5.16 Å². The quantitative estimate of drug-likeness (QED) is 0.611. The van der Waals surface area contributed by atoms with Gasteiger partial charge in [-0.25, -0.2) is 14.1 Å². The first-order chi connectivity index (χ1) is 13.5. The van der Waals surface area contributed by atoms with Crippen LogP contribution < -0.4 is 9.75 Å². The van der Waals surface area contributed by atoms with Crippen LogP contribution in [0, 0.1) is 5.82 Å². The Morgan fingerprint density at radius 2 is 1.96 bits per heavy atom. The van der Waals surface area contributed by atoms with E-state index in [1.807, 2.05) is 0 Å². The van der Waals surface area contributed by atoms with Crippen molar-refractivity contribution in [2.24, 2.45) is 0 Å². The van der Waals surface area contributed by atoms with Crippen LogP contribution in [0.1, 0.15) is 16.2 Å². The van der Waals surface area contributed by atoms with Gasteiger partial charge in [-0.2, -0.15) is 0 Å². The molecule has 0 unspecified atom stereocenters. The van der Waals surface area contributed by atoms with E-state index in [2.05, 4.69) is 10.2 Å². The van der Waals surface area contributed by atoms with Crippen molar-refractivity contribution in [3.8, 4) is 5.75 Å². The zero-order valence-corrected chi connectivity index (χ0v) is 16.6. The maximum atomic E-state index is 13.1. The summed E-state index contributed by atoms with van der Waals surface area (Å²) < 4.78 is 20.3. The highest BCUT2D eigenvalue weighted by Crippen LogP contribution is 2.27. The third-order valence-corrected chi connectivity index (χ3v) is 5.48. The van der Waals surface area contributed by atoms with Gasteiger partial charge < -0.3 is 4.74 Å². The van der Waals surface area contributed by atoms with Gasteiger partial charge in [-0.05, 0) is 42.5 Å². The van der Waals surface area contributed by atoms with E-state index in [9.17, 15) is 9.18 Å². The summed E-state index contributed by atoms with van der Waals surface area (Å²) >= 11 is 13.6. The Hall–Kier alpha value is -2.29. The summed E-state index contributed by atoms with van der Waals surface area (Å²) in [5.41, 5.74) is 0.336. The molecular formula is C18H13Cl2FN4O2S. The van der Waals surface area contributed by atoms with Crippen molar-refractivity contribution in [3.63, 3.8) is 0 Å². The molecule has 0 saturated heterocycles. The fraction of sp³-hybridized carbons (Fsp3) is 0.167. The van der Waals surface area contributed by atoms with Crippen LogP contribution in [0.4, 0.5) is 4.39 Å². The van der Waals surface area contributed by atoms with E-state index in [1.54, 1.807) is 16.8 Å². The SMILES string of the molecule is O=C(c1ccc(Cl)cc1Cl)N1CCSc2nnc(COc3ccc(F)cc3)n21. The lowest BCUT2D eigenvalue weighted by Crippen LogP contribution is -2.45. The fourth-order valence-corrected chi connectivity index (χ4v) is 4.08. The highest BCUT2D eigenvalue weighted by molar-refractivity contribution is 7.99. The first-order valence-electron chi connectivity index (χ1n) is 8.25. The number of halogens is 3. The summed E-state index contributed by atoms with van der Waals surface area (Å²) in [6.45, 7) is 0.522. The Kier molecular flexibility index (Phi) is 5.43. The second-order valence-electron chi connectivity index (χ2n) is 5.85. The number of thioether (sulfide) groups is 1. The van der Waals surface area contributed by atoms with E-state index >= 15 is 0 Å². The predicted molar refractivity (Wildman–Crippen MR) is 105 cm³/mol. The van der Waals surface area contributed by atoms with E-state index in [1.165, 1.54) is 47.1 Å². The molecule has 1 amide bonds. The molecule has 0 aliphatic carbocycles. The number of carbonyl (C=O) groups excluding carboxylic acids is 1. The second kappa shape index (κ2) is 7.98. The molecule has 2 heterocycles. The van der Waals surface area contributed by atoms with Crippen LogP contribution in [-0.2, 0) is 6.61 Å². The molecule has 0 bridgehead atoms. The highest BCUT2D eigenvalue weighted by atomic mass is 35.5. The van der Waals surface area contributed by atoms with Gasteiger partial charge in [-0.1, -0.05) is 35.0 Å². The zero-order valence-electron chi connectivity index (χ0n) is 14.3. The summed E-state index contributed by atoms with van der Waals surface area (Å²) in [4.78, 5) is 13.1. The third kappa shape index (κ3) is 3.80. The normalized spacial score (nSPS) is 13.3. The number of nitrogens with zero attached hydrogens (tertiary/aromatic N) is 4. The Balaban J connectivity index is 1.60. The molecule has 1 aliphatic rings. The molecule has 0 radical (unpaired) electrons. The van der Waals surface area contributed by atoms with Crippen molar-refractivity contribution >= 4 is 40.9 Å². The minimum absolute atomic E-state index is 0.0668. The standard InChI is InChI=1S/C18H13Cl2FN4O2S/c19-11-1-6-14(15(20)9-11)17(26)24-7-8-28-18-23-22-16(25(18)24)10-27-13-4-2-12(21)3-5-13/h1-6,9H,7-8,10H2. The number of hydrogen-bond donors (Lipinski definition) is 0. The minimum atomic E-state index is -0.347. The Morgan fingerprint density at radius 3 is 2.71 bits per heavy atom. The van der Waals surface area contributed by atoms with Gasteiger partial charge in [0.1, 0.15) is 18.2 Å². The van der Waals surface area contributed by atoms with Crippen molar-refractivity contribution < 1.29 is 13.9 Å². The molecule has 1 aliphatic heterocycles. The number of ether oxygens (including phenoxy) is 1. The smallest absolute Gasteiger partial charge is 0.274 e. The lowest BCUT2D eigenvalue weighted by molar-refractivity contribution is 0.0953. The third-order valence-electron chi connectivity index (χ3n) is 4.03. The highest BCUT2D eigenvalue weighted by Gasteiger charge is 2.29. The van der Waals surface area contributed by atoms with Gasteiger partial charge >= 0.3 is 0 Å². The molecule has 6 nitrogen and oxygen atoms in total. The molecule has 144 valence electrons. The summed E-state index contributed by atoms with van der Waals surface area (Å²) in [6.07, 6.45) is 0. The number of carbonyl (C=O) groups is 1. The average Bonchev–Trinajstić information content (AvgIpc) is 3.10. The summed E-state index contributed by atoms with van der Waals surface area (Å²) in [7, 11) is 0. The lowest BCUT2D eigenvalue weighted by Gasteiger charge is -2.29. The number of hydrogen-bond acceptors (Lipinski definition) is 5. The van der Waals surface area contributed by atoms with E-state index in [-0.39, 0.29) is 23.4 Å². The molecule has 10 heteroatoms. The lowest BCUT2D eigenvalue weighted by atomic mass is 10.2. The van der Waals surface area contributed by atoms with Crippen LogP contribution in [0.15, 0.2) is 47.6 Å². The predicted octanol–water partition coefficient (Wildman–Crippen LogP) is 4.19. The van der Waals surface area contributed by atoms with Gasteiger partial charge in [0.15, 0.2) is 5.82 Å². The second-order valence-corrected chi connectivity index (χ2v) is 7.76. The molecule has 0 atom stereocenters. The molecule has 3 aromatic rings. The zero-order chi connectivity index (χ0) is 19.7. The Morgan fingerprint density at radius 1 is 1.18 bits per heavy atom. The molecule has 0 fully saturated rings. The van der Waals surface area contributed by atoms with Crippen LogP contribution in [0.5, 0.6) is 5.75 Å². The fourth-order valence-electron chi connectivity index (χ4n) is 2.71. The van der Waals surface area contributed by atoms with Gasteiger partial charge in [-0.15, -0.1) is 10.2 Å². The van der Waals surface area contributed by atoms with E-state index in [4.69, 9.17) is 27.9 Å². The largest absolute Gasteiger partial charge is 0.486 e. The van der Waals surface area contributed by atoms with Crippen LogP contribution in [-0.4, -0.2) is 33.1 Å². The van der Waals surface area contributed by atoms with Gasteiger partial charge in [-0.3, -0.25) is 4.79 Å². The topological polar surface area (TPSA) is 60.3 Å². The van der Waals surface area contributed by atoms with E-state index in [0.717, 1.165) is 0 Å². The van der Waals surface area contributed by atoms with Crippen LogP contribution in [0.3, 0.4) is 0 Å². The first-order valence-corrected chi connectivity index (χ1v) is 10.00. The van der Waals surface area contributed by atoms with Crippen LogP contribution in [0.2, 0.25) is 10.0 Å². The summed E-state index contributed by atoms with van der Waals surface area (Å²) in [5, 5.41) is 11.1. The maximum Gasteiger partial charge on any atom is 0.274 e. The number of amides is 1. The van der Waals surface area contributed by atoms with E-state index in [0.29, 0.717) is 39.6 Å². The molecule has 0 saturated carbocycles. The van der Waals surface area contributed by atoms with Crippen LogP contribution >= 0.6 is 35.0 Å². The van der Waals surface area contributed by atoms with Crippen molar-refractivity contribution in [1.29, 1.82) is 0 Å². The Bertz CT molecular complexity index is 1030. The molecule has 0 N–H and O–H groups in total. The van der Waals surface area contributed by atoms with Crippen LogP contribution in [0.25, 0.3) is 0 Å². The molecular weight excluding hydrogens is 426 g/mol. The Labute approximate surface area is 174 Å². The summed E-state index contributed by atoms with van der Waals surface area (Å²) in [6, 6.07) is 10.4. The molecule has 2 aromatic carbocycles. The first kappa shape index (κ1) is 19.0. The maximum absolute atomic E-state index is 13.1. The number of rotatable bonds is 4.